The lowest BCUT2D eigenvalue weighted by molar-refractivity contribution is -0.240. The van der Waals surface area contributed by atoms with E-state index in [0.717, 1.165) is 32.6 Å². The molecule has 3 N–H and O–H groups in total. The molecule has 8 atom stereocenters. The summed E-state index contributed by atoms with van der Waals surface area (Å²) in [7, 11) is 0. The minimum absolute atomic E-state index is 0.0129. The van der Waals surface area contributed by atoms with E-state index in [1.54, 1.807) is 39.8 Å². The molecule has 3 fully saturated rings. The Balaban J connectivity index is 1.72. The number of carbonyl (C=O) groups excluding carboxylic acids is 5. The van der Waals surface area contributed by atoms with Crippen LogP contribution in [0.2, 0.25) is 0 Å². The normalized spacial score (nSPS) is 39.8. The SMILES string of the molecule is CC(=O)C1C(=O)C(C(C)C)[C@@]2(C)[C@H](O)[C@]3(C)C(C(=O)c4c(ccc(CC5CCCC5)c4O)[C@H]3C)C(=O)[C@@]2(O)C1=O. The van der Waals surface area contributed by atoms with Crippen LogP contribution >= 0.6 is 0 Å². The molecule has 1 aromatic rings. The van der Waals surface area contributed by atoms with Gasteiger partial charge in [-0.25, -0.2) is 0 Å². The van der Waals surface area contributed by atoms with E-state index in [2.05, 4.69) is 0 Å². The van der Waals surface area contributed by atoms with E-state index >= 15 is 0 Å². The average molecular weight is 553 g/mol. The van der Waals surface area contributed by atoms with Gasteiger partial charge >= 0.3 is 0 Å². The minimum Gasteiger partial charge on any atom is -0.507 e. The number of fused-ring (bicyclic) bond motifs is 3. The Kier molecular flexibility index (Phi) is 6.59. The van der Waals surface area contributed by atoms with Crippen LogP contribution in [0.1, 0.15) is 94.6 Å². The number of carbonyl (C=O) groups is 5. The zero-order valence-electron chi connectivity index (χ0n) is 24.1. The van der Waals surface area contributed by atoms with Crippen LogP contribution in [0, 0.1) is 40.4 Å². The van der Waals surface area contributed by atoms with Crippen molar-refractivity contribution in [3.05, 3.63) is 28.8 Å². The number of phenolic OH excluding ortho intramolecular Hbond substituents is 1. The number of aliphatic hydroxyl groups excluding tert-OH is 1. The Morgan fingerprint density at radius 3 is 2.20 bits per heavy atom. The number of aromatic hydroxyl groups is 1. The first-order chi connectivity index (χ1) is 18.6. The maximum absolute atomic E-state index is 14.5. The summed E-state index contributed by atoms with van der Waals surface area (Å²) in [6.45, 7) is 9.13. The second kappa shape index (κ2) is 9.15. The molecule has 0 amide bonds. The minimum atomic E-state index is -2.94. The fourth-order valence-electron chi connectivity index (χ4n) is 9.09. The number of rotatable bonds is 4. The third-order valence-electron chi connectivity index (χ3n) is 11.3. The van der Waals surface area contributed by atoms with Crippen LogP contribution in [0.25, 0.3) is 0 Å². The Morgan fingerprint density at radius 1 is 1.05 bits per heavy atom. The maximum Gasteiger partial charge on any atom is 0.191 e. The standard InChI is InChI=1S/C32H40O8/c1-14(2)22-25(35)20(16(4)33)27(37)32(40)28(38)23-26(36)21-19(15(3)30(23,5)29(39)31(22,32)6)12-11-18(24(21)34)13-17-9-7-8-10-17/h11-12,14-15,17,20,22-23,29,34,39-40H,7-10,13H2,1-6H3/t15-,20?,22?,23?,29-,30+,31+,32+/m1/s1. The molecule has 0 heterocycles. The van der Waals surface area contributed by atoms with Gasteiger partial charge in [-0.15, -0.1) is 0 Å². The van der Waals surface area contributed by atoms with Crippen molar-refractivity contribution in [3.63, 3.8) is 0 Å². The Bertz CT molecular complexity index is 1340. The van der Waals surface area contributed by atoms with Crippen molar-refractivity contribution in [2.24, 2.45) is 40.4 Å². The molecule has 0 bridgehead atoms. The van der Waals surface area contributed by atoms with Crippen LogP contribution in [0.15, 0.2) is 12.1 Å². The van der Waals surface area contributed by atoms with Crippen molar-refractivity contribution in [2.45, 2.75) is 91.3 Å². The van der Waals surface area contributed by atoms with Gasteiger partial charge in [0, 0.05) is 16.7 Å². The van der Waals surface area contributed by atoms with E-state index in [4.69, 9.17) is 0 Å². The molecule has 0 radical (unpaired) electrons. The number of phenols is 1. The second-order valence-corrected chi connectivity index (χ2v) is 13.6. The van der Waals surface area contributed by atoms with Gasteiger partial charge in [0.25, 0.3) is 0 Å². The molecule has 216 valence electrons. The highest BCUT2D eigenvalue weighted by molar-refractivity contribution is 6.32. The second-order valence-electron chi connectivity index (χ2n) is 13.6. The number of hydrogen-bond acceptors (Lipinski definition) is 8. The Morgan fingerprint density at radius 2 is 1.65 bits per heavy atom. The molecule has 1 aromatic carbocycles. The molecule has 0 saturated heterocycles. The summed E-state index contributed by atoms with van der Waals surface area (Å²) in [4.78, 5) is 68.7. The molecular weight excluding hydrogens is 512 g/mol. The number of benzene rings is 1. The summed E-state index contributed by atoms with van der Waals surface area (Å²) in [6, 6.07) is 3.57. The zero-order chi connectivity index (χ0) is 29.7. The van der Waals surface area contributed by atoms with Gasteiger partial charge in [-0.05, 0) is 42.2 Å². The van der Waals surface area contributed by atoms with E-state index in [1.165, 1.54) is 6.92 Å². The van der Waals surface area contributed by atoms with Crippen molar-refractivity contribution >= 4 is 28.9 Å². The molecule has 3 saturated carbocycles. The van der Waals surface area contributed by atoms with Gasteiger partial charge in [0.1, 0.15) is 17.5 Å². The van der Waals surface area contributed by atoms with Crippen molar-refractivity contribution in [1.29, 1.82) is 0 Å². The van der Waals surface area contributed by atoms with Crippen molar-refractivity contribution in [2.75, 3.05) is 0 Å². The molecule has 0 aliphatic heterocycles. The molecule has 0 aromatic heterocycles. The molecule has 5 rings (SSSR count). The summed E-state index contributed by atoms with van der Waals surface area (Å²) >= 11 is 0. The molecule has 4 aliphatic carbocycles. The van der Waals surface area contributed by atoms with E-state index in [0.29, 0.717) is 23.5 Å². The predicted molar refractivity (Wildman–Crippen MR) is 145 cm³/mol. The largest absolute Gasteiger partial charge is 0.507 e. The predicted octanol–water partition coefficient (Wildman–Crippen LogP) is 3.36. The monoisotopic (exact) mass is 552 g/mol. The summed E-state index contributed by atoms with van der Waals surface area (Å²) in [6.07, 6.45) is 3.25. The number of aliphatic hydroxyl groups is 2. The Labute approximate surface area is 234 Å². The summed E-state index contributed by atoms with van der Waals surface area (Å²) in [5.74, 6) is -10.4. The molecular formula is C32H40O8. The fraction of sp³-hybridized carbons (Fsp3) is 0.656. The first-order valence-corrected chi connectivity index (χ1v) is 14.5. The fourth-order valence-corrected chi connectivity index (χ4v) is 9.09. The summed E-state index contributed by atoms with van der Waals surface area (Å²) in [5, 5.41) is 35.7. The molecule has 4 aliphatic rings. The van der Waals surface area contributed by atoms with Gasteiger partial charge in [0.05, 0.1) is 17.6 Å². The van der Waals surface area contributed by atoms with Crippen molar-refractivity contribution < 1.29 is 39.3 Å². The lowest BCUT2D eigenvalue weighted by Crippen LogP contribution is -2.81. The lowest BCUT2D eigenvalue weighted by atomic mass is 9.37. The highest BCUT2D eigenvalue weighted by Gasteiger charge is 2.80. The van der Waals surface area contributed by atoms with E-state index in [-0.39, 0.29) is 11.3 Å². The van der Waals surface area contributed by atoms with Gasteiger partial charge in [0.2, 0.25) is 0 Å². The zero-order valence-corrected chi connectivity index (χ0v) is 24.1. The van der Waals surface area contributed by atoms with Crippen LogP contribution in [-0.2, 0) is 25.6 Å². The molecule has 3 unspecified atom stereocenters. The number of hydrogen-bond donors (Lipinski definition) is 3. The van der Waals surface area contributed by atoms with E-state index in [9.17, 15) is 39.3 Å². The maximum atomic E-state index is 14.5. The average Bonchev–Trinajstić information content (AvgIpc) is 3.38. The quantitative estimate of drug-likeness (QED) is 0.482. The highest BCUT2D eigenvalue weighted by Crippen LogP contribution is 2.66. The van der Waals surface area contributed by atoms with Gasteiger partial charge in [-0.1, -0.05) is 72.4 Å². The van der Waals surface area contributed by atoms with Gasteiger partial charge in [-0.2, -0.15) is 0 Å². The first kappa shape index (κ1) is 28.8. The van der Waals surface area contributed by atoms with Crippen LogP contribution in [-0.4, -0.2) is 55.9 Å². The Hall–Kier alpha value is -2.71. The lowest BCUT2D eigenvalue weighted by Gasteiger charge is -2.65. The number of ketones is 5. The summed E-state index contributed by atoms with van der Waals surface area (Å²) in [5.41, 5.74) is -5.36. The summed E-state index contributed by atoms with van der Waals surface area (Å²) < 4.78 is 0. The number of Topliss-reactive ketones (excluding diaryl/α,β-unsaturated/α-hetero) is 5. The first-order valence-electron chi connectivity index (χ1n) is 14.5. The van der Waals surface area contributed by atoms with Crippen molar-refractivity contribution in [3.8, 4) is 5.75 Å². The molecule has 0 spiro atoms. The third kappa shape index (κ3) is 3.29. The van der Waals surface area contributed by atoms with Gasteiger partial charge in [-0.3, -0.25) is 24.0 Å². The smallest absolute Gasteiger partial charge is 0.191 e. The van der Waals surface area contributed by atoms with Crippen LogP contribution < -0.4 is 0 Å². The van der Waals surface area contributed by atoms with Crippen LogP contribution in [0.5, 0.6) is 5.75 Å². The molecule has 8 heteroatoms. The molecule has 40 heavy (non-hydrogen) atoms. The topological polar surface area (TPSA) is 146 Å². The van der Waals surface area contributed by atoms with Gasteiger partial charge in [0.15, 0.2) is 28.7 Å². The van der Waals surface area contributed by atoms with Crippen LogP contribution in [0.3, 0.4) is 0 Å². The van der Waals surface area contributed by atoms with Crippen LogP contribution in [0.4, 0.5) is 0 Å². The van der Waals surface area contributed by atoms with E-state index in [1.807, 2.05) is 0 Å². The third-order valence-corrected chi connectivity index (χ3v) is 11.3. The van der Waals surface area contributed by atoms with E-state index < -0.39 is 81.0 Å². The van der Waals surface area contributed by atoms with Crippen molar-refractivity contribution in [1.82, 2.24) is 0 Å². The molecule has 8 nitrogen and oxygen atoms in total. The van der Waals surface area contributed by atoms with Gasteiger partial charge < -0.3 is 15.3 Å². The highest BCUT2D eigenvalue weighted by atomic mass is 16.3.